The molecule has 1 saturated carbocycles. The first-order valence-electron chi connectivity index (χ1n) is 8.75. The summed E-state index contributed by atoms with van der Waals surface area (Å²) in [6, 6.07) is 7.82. The summed E-state index contributed by atoms with van der Waals surface area (Å²) in [5.41, 5.74) is 6.98. The summed E-state index contributed by atoms with van der Waals surface area (Å²) in [6.07, 6.45) is 4.74. The topological polar surface area (TPSA) is 111 Å². The van der Waals surface area contributed by atoms with Gasteiger partial charge in [0.1, 0.15) is 10.0 Å². The average Bonchev–Trinajstić information content (AvgIpc) is 3.42. The molecule has 0 bridgehead atoms. The quantitative estimate of drug-likeness (QED) is 0.709. The molecule has 1 aliphatic rings. The summed E-state index contributed by atoms with van der Waals surface area (Å²) in [5, 5.41) is 23.2. The standard InChI is InChI=1S/C18H21N5O2S/c1-18(19,10-24)17-22-21-16(26-17)13-8-6-11(7-9-13)14-20-15(25-23-14)12-4-2-3-5-12/h6-9,12,24H,2-5,10,19H2,1H3/t18-/m0/s1. The van der Waals surface area contributed by atoms with Gasteiger partial charge in [-0.25, -0.2) is 0 Å². The molecule has 8 heteroatoms. The van der Waals surface area contributed by atoms with E-state index in [2.05, 4.69) is 20.3 Å². The number of hydrogen-bond donors (Lipinski definition) is 2. The zero-order valence-corrected chi connectivity index (χ0v) is 15.4. The SMILES string of the molecule is C[C@](N)(CO)c1nnc(-c2ccc(-c3noc(C4CCCC4)n3)cc2)s1. The molecule has 0 amide bonds. The summed E-state index contributed by atoms with van der Waals surface area (Å²) in [7, 11) is 0. The monoisotopic (exact) mass is 371 g/mol. The van der Waals surface area contributed by atoms with E-state index in [1.165, 1.54) is 24.2 Å². The van der Waals surface area contributed by atoms with Gasteiger partial charge in [-0.05, 0) is 19.8 Å². The summed E-state index contributed by atoms with van der Waals surface area (Å²) in [6.45, 7) is 1.56. The second-order valence-electron chi connectivity index (χ2n) is 7.00. The Bertz CT molecular complexity index is 881. The normalized spacial score (nSPS) is 17.5. The van der Waals surface area contributed by atoms with Gasteiger partial charge in [-0.15, -0.1) is 10.2 Å². The second-order valence-corrected chi connectivity index (χ2v) is 7.98. The van der Waals surface area contributed by atoms with E-state index in [0.717, 1.165) is 34.9 Å². The van der Waals surface area contributed by atoms with Gasteiger partial charge in [0.15, 0.2) is 0 Å². The molecule has 1 fully saturated rings. The molecule has 0 aliphatic heterocycles. The van der Waals surface area contributed by atoms with E-state index in [0.29, 0.717) is 16.7 Å². The van der Waals surface area contributed by atoms with E-state index >= 15 is 0 Å². The van der Waals surface area contributed by atoms with Gasteiger partial charge in [0.2, 0.25) is 11.7 Å². The van der Waals surface area contributed by atoms with Crippen molar-refractivity contribution in [1.82, 2.24) is 20.3 Å². The van der Waals surface area contributed by atoms with Crippen molar-refractivity contribution in [2.45, 2.75) is 44.1 Å². The third kappa shape index (κ3) is 3.27. The molecule has 0 saturated heterocycles. The van der Waals surface area contributed by atoms with Crippen LogP contribution in [-0.2, 0) is 5.54 Å². The van der Waals surface area contributed by atoms with E-state index in [1.807, 2.05) is 24.3 Å². The van der Waals surface area contributed by atoms with Gasteiger partial charge in [0, 0.05) is 17.0 Å². The molecular weight excluding hydrogens is 350 g/mol. The molecule has 3 N–H and O–H groups in total. The third-order valence-corrected chi connectivity index (χ3v) is 6.03. The number of aliphatic hydroxyl groups is 1. The van der Waals surface area contributed by atoms with Crippen molar-refractivity contribution >= 4 is 11.3 Å². The van der Waals surface area contributed by atoms with Crippen LogP contribution in [0.4, 0.5) is 0 Å². The summed E-state index contributed by atoms with van der Waals surface area (Å²) in [4.78, 5) is 4.56. The summed E-state index contributed by atoms with van der Waals surface area (Å²) in [5.74, 6) is 1.78. The van der Waals surface area contributed by atoms with Crippen molar-refractivity contribution in [2.24, 2.45) is 5.73 Å². The molecule has 26 heavy (non-hydrogen) atoms. The highest BCUT2D eigenvalue weighted by molar-refractivity contribution is 7.14. The lowest BCUT2D eigenvalue weighted by Gasteiger charge is -2.16. The third-order valence-electron chi connectivity index (χ3n) is 4.78. The molecule has 1 aromatic carbocycles. The number of aromatic nitrogens is 4. The lowest BCUT2D eigenvalue weighted by Crippen LogP contribution is -2.36. The Kier molecular flexibility index (Phi) is 4.56. The fraction of sp³-hybridized carbons (Fsp3) is 0.444. The van der Waals surface area contributed by atoms with E-state index in [9.17, 15) is 5.11 Å². The molecule has 7 nitrogen and oxygen atoms in total. The molecule has 1 aliphatic carbocycles. The largest absolute Gasteiger partial charge is 0.394 e. The van der Waals surface area contributed by atoms with Crippen molar-refractivity contribution in [3.63, 3.8) is 0 Å². The maximum atomic E-state index is 9.36. The molecule has 0 unspecified atom stereocenters. The first-order chi connectivity index (χ1) is 12.6. The van der Waals surface area contributed by atoms with Crippen LogP contribution in [0.25, 0.3) is 22.0 Å². The average molecular weight is 371 g/mol. The Morgan fingerprint density at radius 1 is 1.19 bits per heavy atom. The number of benzene rings is 1. The molecule has 136 valence electrons. The number of rotatable bonds is 5. The Morgan fingerprint density at radius 2 is 1.88 bits per heavy atom. The molecule has 3 aromatic rings. The minimum atomic E-state index is -0.878. The minimum absolute atomic E-state index is 0.179. The van der Waals surface area contributed by atoms with E-state index in [1.54, 1.807) is 6.92 Å². The highest BCUT2D eigenvalue weighted by atomic mass is 32.1. The van der Waals surface area contributed by atoms with Crippen LogP contribution in [0.15, 0.2) is 28.8 Å². The zero-order valence-electron chi connectivity index (χ0n) is 14.6. The maximum absolute atomic E-state index is 9.36. The van der Waals surface area contributed by atoms with Crippen molar-refractivity contribution in [3.8, 4) is 22.0 Å². The fourth-order valence-electron chi connectivity index (χ4n) is 3.09. The maximum Gasteiger partial charge on any atom is 0.230 e. The second kappa shape index (κ2) is 6.86. The van der Waals surface area contributed by atoms with Gasteiger partial charge in [-0.3, -0.25) is 0 Å². The Hall–Kier alpha value is -2.16. The van der Waals surface area contributed by atoms with E-state index in [4.69, 9.17) is 10.3 Å². The van der Waals surface area contributed by atoms with Gasteiger partial charge in [-0.1, -0.05) is 53.6 Å². The summed E-state index contributed by atoms with van der Waals surface area (Å²) < 4.78 is 5.45. The van der Waals surface area contributed by atoms with Crippen LogP contribution in [0.2, 0.25) is 0 Å². The van der Waals surface area contributed by atoms with E-state index < -0.39 is 5.54 Å². The highest BCUT2D eigenvalue weighted by Gasteiger charge is 2.26. The fourth-order valence-corrected chi connectivity index (χ4v) is 3.99. The highest BCUT2D eigenvalue weighted by Crippen LogP contribution is 2.34. The summed E-state index contributed by atoms with van der Waals surface area (Å²) >= 11 is 1.38. The number of aliphatic hydroxyl groups excluding tert-OH is 1. The van der Waals surface area contributed by atoms with Crippen molar-refractivity contribution in [2.75, 3.05) is 6.61 Å². The first kappa shape index (κ1) is 17.3. The van der Waals surface area contributed by atoms with Crippen LogP contribution < -0.4 is 5.73 Å². The minimum Gasteiger partial charge on any atom is -0.394 e. The molecule has 1 atom stereocenters. The predicted octanol–water partition coefficient (Wildman–Crippen LogP) is 3.08. The molecule has 2 heterocycles. The molecule has 4 rings (SSSR count). The number of nitrogens with zero attached hydrogens (tertiary/aromatic N) is 4. The lowest BCUT2D eigenvalue weighted by atomic mass is 10.1. The van der Waals surface area contributed by atoms with Crippen molar-refractivity contribution < 1.29 is 9.63 Å². The van der Waals surface area contributed by atoms with Crippen LogP contribution in [0.5, 0.6) is 0 Å². The Balaban J connectivity index is 1.54. The smallest absolute Gasteiger partial charge is 0.230 e. The number of hydrogen-bond acceptors (Lipinski definition) is 8. The van der Waals surface area contributed by atoms with Gasteiger partial charge >= 0.3 is 0 Å². The van der Waals surface area contributed by atoms with Gasteiger partial charge in [0.25, 0.3) is 0 Å². The molecular formula is C18H21N5O2S. The zero-order chi connectivity index (χ0) is 18.1. The Labute approximate surface area is 155 Å². The lowest BCUT2D eigenvalue weighted by molar-refractivity contribution is 0.209. The molecule has 0 radical (unpaired) electrons. The van der Waals surface area contributed by atoms with Gasteiger partial charge in [0.05, 0.1) is 12.1 Å². The van der Waals surface area contributed by atoms with Crippen LogP contribution in [0, 0.1) is 0 Å². The first-order valence-corrected chi connectivity index (χ1v) is 9.56. The van der Waals surface area contributed by atoms with Crippen LogP contribution in [0.1, 0.15) is 49.4 Å². The van der Waals surface area contributed by atoms with Gasteiger partial charge < -0.3 is 15.4 Å². The van der Waals surface area contributed by atoms with Crippen LogP contribution >= 0.6 is 11.3 Å². The van der Waals surface area contributed by atoms with Crippen molar-refractivity contribution in [3.05, 3.63) is 35.2 Å². The Morgan fingerprint density at radius 3 is 2.58 bits per heavy atom. The predicted molar refractivity (Wildman–Crippen MR) is 98.5 cm³/mol. The molecule has 2 aromatic heterocycles. The molecule has 0 spiro atoms. The van der Waals surface area contributed by atoms with E-state index in [-0.39, 0.29) is 6.61 Å². The van der Waals surface area contributed by atoms with Gasteiger partial charge in [-0.2, -0.15) is 4.98 Å². The van der Waals surface area contributed by atoms with Crippen LogP contribution in [0.3, 0.4) is 0 Å². The number of nitrogens with two attached hydrogens (primary N) is 1. The van der Waals surface area contributed by atoms with Crippen molar-refractivity contribution in [1.29, 1.82) is 0 Å². The van der Waals surface area contributed by atoms with Crippen LogP contribution in [-0.4, -0.2) is 32.1 Å².